The molecule has 0 atom stereocenters. The Labute approximate surface area is 165 Å². The van der Waals surface area contributed by atoms with Gasteiger partial charge in [-0.2, -0.15) is 0 Å². The molecule has 0 fully saturated rings. The average molecular weight is 381 g/mol. The molecular weight excluding hydrogens is 354 g/mol. The van der Waals surface area contributed by atoms with E-state index in [0.29, 0.717) is 13.2 Å². The Hall–Kier alpha value is -3.02. The number of ether oxygens (including phenoxy) is 2. The maximum atomic E-state index is 11.0. The molecule has 0 aliphatic rings. The molecule has 0 spiro atoms. The summed E-state index contributed by atoms with van der Waals surface area (Å²) in [5.41, 5.74) is 2.14. The zero-order valence-electron chi connectivity index (χ0n) is 16.5. The summed E-state index contributed by atoms with van der Waals surface area (Å²) in [6.45, 7) is 3.65. The van der Waals surface area contributed by atoms with Gasteiger partial charge in [0.25, 0.3) is 0 Å². The predicted octanol–water partition coefficient (Wildman–Crippen LogP) is 3.58. The normalized spacial score (nSPS) is 10.8. The number of rotatable bonds is 10. The SMILES string of the molecule is COc1cccc(OCCCn2c(CCCNC(C)=O)nc3ccccc32)c1. The van der Waals surface area contributed by atoms with E-state index in [0.717, 1.165) is 54.2 Å². The Morgan fingerprint density at radius 2 is 1.93 bits per heavy atom. The Bertz CT molecular complexity index is 920. The van der Waals surface area contributed by atoms with Gasteiger partial charge >= 0.3 is 0 Å². The molecule has 0 bridgehead atoms. The number of nitrogens with zero attached hydrogens (tertiary/aromatic N) is 2. The summed E-state index contributed by atoms with van der Waals surface area (Å²) >= 11 is 0. The van der Waals surface area contributed by atoms with Crippen molar-refractivity contribution in [3.8, 4) is 11.5 Å². The van der Waals surface area contributed by atoms with Crippen molar-refractivity contribution < 1.29 is 14.3 Å². The van der Waals surface area contributed by atoms with Crippen molar-refractivity contribution in [1.29, 1.82) is 0 Å². The highest BCUT2D eigenvalue weighted by Gasteiger charge is 2.10. The lowest BCUT2D eigenvalue weighted by Gasteiger charge is -2.11. The molecule has 0 saturated carbocycles. The van der Waals surface area contributed by atoms with Gasteiger partial charge in [-0.15, -0.1) is 0 Å². The number of methoxy groups -OCH3 is 1. The fourth-order valence-corrected chi connectivity index (χ4v) is 3.18. The summed E-state index contributed by atoms with van der Waals surface area (Å²) < 4.78 is 13.4. The molecule has 0 radical (unpaired) electrons. The Morgan fingerprint density at radius 1 is 1.11 bits per heavy atom. The first-order valence-corrected chi connectivity index (χ1v) is 9.63. The van der Waals surface area contributed by atoms with E-state index in [1.54, 1.807) is 7.11 Å². The largest absolute Gasteiger partial charge is 0.497 e. The molecule has 1 N–H and O–H groups in total. The van der Waals surface area contributed by atoms with Gasteiger partial charge in [-0.25, -0.2) is 4.98 Å². The third-order valence-electron chi connectivity index (χ3n) is 4.52. The van der Waals surface area contributed by atoms with E-state index in [4.69, 9.17) is 14.5 Å². The van der Waals surface area contributed by atoms with E-state index in [-0.39, 0.29) is 5.91 Å². The van der Waals surface area contributed by atoms with Crippen molar-refractivity contribution >= 4 is 16.9 Å². The van der Waals surface area contributed by atoms with Crippen LogP contribution in [-0.4, -0.2) is 35.7 Å². The number of amides is 1. The summed E-state index contributed by atoms with van der Waals surface area (Å²) in [6.07, 6.45) is 2.56. The quantitative estimate of drug-likeness (QED) is 0.545. The first-order valence-electron chi connectivity index (χ1n) is 9.63. The number of hydrogen-bond acceptors (Lipinski definition) is 4. The molecule has 148 valence electrons. The molecule has 6 nitrogen and oxygen atoms in total. The second-order valence-corrected chi connectivity index (χ2v) is 6.64. The number of fused-ring (bicyclic) bond motifs is 1. The molecule has 28 heavy (non-hydrogen) atoms. The smallest absolute Gasteiger partial charge is 0.216 e. The zero-order valence-corrected chi connectivity index (χ0v) is 16.5. The number of carbonyl (C=O) groups is 1. The van der Waals surface area contributed by atoms with Crippen molar-refractivity contribution in [3.05, 3.63) is 54.4 Å². The third kappa shape index (κ3) is 5.25. The van der Waals surface area contributed by atoms with E-state index in [1.165, 1.54) is 6.92 Å². The minimum atomic E-state index is 0.00296. The number of hydrogen-bond donors (Lipinski definition) is 1. The number of imidazole rings is 1. The number of carbonyl (C=O) groups excluding carboxylic acids is 1. The molecule has 2 aromatic carbocycles. The monoisotopic (exact) mass is 381 g/mol. The molecule has 1 heterocycles. The standard InChI is InChI=1S/C22H27N3O3/c1-17(26)23-13-6-12-22-24-20-10-3-4-11-21(20)25(22)14-7-15-28-19-9-5-8-18(16-19)27-2/h3-5,8-11,16H,6-7,12-15H2,1-2H3,(H,23,26). The molecule has 0 aliphatic carbocycles. The lowest BCUT2D eigenvalue weighted by Crippen LogP contribution is -2.21. The van der Waals surface area contributed by atoms with Gasteiger partial charge in [0.2, 0.25) is 5.91 Å². The highest BCUT2D eigenvalue weighted by Crippen LogP contribution is 2.20. The van der Waals surface area contributed by atoms with Crippen LogP contribution in [0, 0.1) is 0 Å². The van der Waals surface area contributed by atoms with Crippen LogP contribution >= 0.6 is 0 Å². The van der Waals surface area contributed by atoms with E-state index in [1.807, 2.05) is 42.5 Å². The molecular formula is C22H27N3O3. The first-order chi connectivity index (χ1) is 13.7. The van der Waals surface area contributed by atoms with Crippen molar-refractivity contribution in [2.45, 2.75) is 32.7 Å². The second kappa shape index (κ2) is 9.78. The molecule has 0 aliphatic heterocycles. The van der Waals surface area contributed by atoms with Gasteiger partial charge in [0, 0.05) is 32.5 Å². The lowest BCUT2D eigenvalue weighted by molar-refractivity contribution is -0.118. The van der Waals surface area contributed by atoms with Gasteiger partial charge in [-0.05, 0) is 37.1 Å². The van der Waals surface area contributed by atoms with Crippen molar-refractivity contribution in [2.75, 3.05) is 20.3 Å². The topological polar surface area (TPSA) is 65.4 Å². The van der Waals surface area contributed by atoms with Gasteiger partial charge < -0.3 is 19.4 Å². The molecule has 6 heteroatoms. The molecule has 3 rings (SSSR count). The fourth-order valence-electron chi connectivity index (χ4n) is 3.18. The van der Waals surface area contributed by atoms with Crippen LogP contribution < -0.4 is 14.8 Å². The maximum Gasteiger partial charge on any atom is 0.216 e. The second-order valence-electron chi connectivity index (χ2n) is 6.64. The van der Waals surface area contributed by atoms with Crippen LogP contribution in [0.25, 0.3) is 11.0 Å². The Kier molecular flexibility index (Phi) is 6.89. The number of benzene rings is 2. The Balaban J connectivity index is 1.60. The van der Waals surface area contributed by atoms with Gasteiger partial charge in [0.1, 0.15) is 17.3 Å². The number of para-hydroxylation sites is 2. The van der Waals surface area contributed by atoms with Crippen LogP contribution in [0.1, 0.15) is 25.6 Å². The van der Waals surface area contributed by atoms with E-state index >= 15 is 0 Å². The van der Waals surface area contributed by atoms with Crippen LogP contribution in [0.2, 0.25) is 0 Å². The van der Waals surface area contributed by atoms with Crippen molar-refractivity contribution in [1.82, 2.24) is 14.9 Å². The molecule has 0 saturated heterocycles. The van der Waals surface area contributed by atoms with Crippen LogP contribution in [0.4, 0.5) is 0 Å². The van der Waals surface area contributed by atoms with Crippen LogP contribution in [0.5, 0.6) is 11.5 Å². The van der Waals surface area contributed by atoms with Gasteiger partial charge in [0.05, 0.1) is 24.8 Å². The van der Waals surface area contributed by atoms with E-state index in [2.05, 4.69) is 16.0 Å². The maximum absolute atomic E-state index is 11.0. The van der Waals surface area contributed by atoms with E-state index in [9.17, 15) is 4.79 Å². The molecule has 0 unspecified atom stereocenters. The van der Waals surface area contributed by atoms with Crippen molar-refractivity contribution in [3.63, 3.8) is 0 Å². The van der Waals surface area contributed by atoms with Crippen LogP contribution in [0.15, 0.2) is 48.5 Å². The zero-order chi connectivity index (χ0) is 19.8. The molecule has 1 amide bonds. The summed E-state index contributed by atoms with van der Waals surface area (Å²) in [6, 6.07) is 15.8. The van der Waals surface area contributed by atoms with Gasteiger partial charge in [0.15, 0.2) is 0 Å². The molecule has 1 aromatic heterocycles. The van der Waals surface area contributed by atoms with Crippen molar-refractivity contribution in [2.24, 2.45) is 0 Å². The van der Waals surface area contributed by atoms with Crippen LogP contribution in [-0.2, 0) is 17.8 Å². The summed E-state index contributed by atoms with van der Waals surface area (Å²) in [4.78, 5) is 15.8. The lowest BCUT2D eigenvalue weighted by atomic mass is 10.3. The van der Waals surface area contributed by atoms with E-state index < -0.39 is 0 Å². The highest BCUT2D eigenvalue weighted by atomic mass is 16.5. The predicted molar refractivity (Wildman–Crippen MR) is 110 cm³/mol. The van der Waals surface area contributed by atoms with Gasteiger partial charge in [-0.1, -0.05) is 18.2 Å². The summed E-state index contributed by atoms with van der Waals surface area (Å²) in [7, 11) is 1.65. The minimum Gasteiger partial charge on any atom is -0.497 e. The molecule has 3 aromatic rings. The number of aromatic nitrogens is 2. The summed E-state index contributed by atoms with van der Waals surface area (Å²) in [5.74, 6) is 2.65. The highest BCUT2D eigenvalue weighted by molar-refractivity contribution is 5.76. The number of nitrogens with one attached hydrogen (secondary N) is 1. The van der Waals surface area contributed by atoms with Gasteiger partial charge in [-0.3, -0.25) is 4.79 Å². The summed E-state index contributed by atoms with van der Waals surface area (Å²) in [5, 5.41) is 2.84. The number of aryl methyl sites for hydroxylation is 2. The first kappa shape index (κ1) is 19.7. The van der Waals surface area contributed by atoms with Crippen LogP contribution in [0.3, 0.4) is 0 Å². The fraction of sp³-hybridized carbons (Fsp3) is 0.364. The third-order valence-corrected chi connectivity index (χ3v) is 4.52. The minimum absolute atomic E-state index is 0.00296. The average Bonchev–Trinajstić information content (AvgIpc) is 3.06. The Morgan fingerprint density at radius 3 is 2.75 bits per heavy atom.